The highest BCUT2D eigenvalue weighted by atomic mass is 32.2. The first kappa shape index (κ1) is 12.2. The molecule has 1 heterocycles. The standard InChI is InChI=1S/C12H14FNO2S/c1-12(2,3)16-11(15)14-7-8-4-5-9(13)6-10(8)17-14/h4-6H,7H2,1-3H3. The van der Waals surface area contributed by atoms with E-state index in [2.05, 4.69) is 0 Å². The molecule has 0 saturated carbocycles. The van der Waals surface area contributed by atoms with E-state index < -0.39 is 5.60 Å². The number of fused-ring (bicyclic) bond motifs is 1. The molecule has 0 unspecified atom stereocenters. The summed E-state index contributed by atoms with van der Waals surface area (Å²) in [5.41, 5.74) is 0.430. The number of ether oxygens (including phenoxy) is 1. The maximum Gasteiger partial charge on any atom is 0.420 e. The Balaban J connectivity index is 2.07. The van der Waals surface area contributed by atoms with Gasteiger partial charge in [0.05, 0.1) is 6.54 Å². The zero-order valence-electron chi connectivity index (χ0n) is 9.99. The fourth-order valence-electron chi connectivity index (χ4n) is 1.46. The molecule has 0 radical (unpaired) electrons. The van der Waals surface area contributed by atoms with E-state index in [0.717, 1.165) is 10.5 Å². The van der Waals surface area contributed by atoms with Crippen LogP contribution in [0.5, 0.6) is 0 Å². The molecule has 1 amide bonds. The van der Waals surface area contributed by atoms with E-state index in [-0.39, 0.29) is 11.9 Å². The third-order valence-corrected chi connectivity index (χ3v) is 3.22. The number of carbonyl (C=O) groups is 1. The van der Waals surface area contributed by atoms with Gasteiger partial charge in [0.1, 0.15) is 11.4 Å². The number of hydrogen-bond acceptors (Lipinski definition) is 3. The Hall–Kier alpha value is -1.23. The third kappa shape index (κ3) is 2.91. The van der Waals surface area contributed by atoms with Crippen LogP contribution in [0.15, 0.2) is 23.1 Å². The lowest BCUT2D eigenvalue weighted by Crippen LogP contribution is -2.30. The Morgan fingerprint density at radius 3 is 2.82 bits per heavy atom. The predicted molar refractivity (Wildman–Crippen MR) is 64.0 cm³/mol. The zero-order chi connectivity index (χ0) is 12.6. The second kappa shape index (κ2) is 4.22. The maximum atomic E-state index is 13.0. The topological polar surface area (TPSA) is 29.5 Å². The molecule has 2 rings (SSSR count). The van der Waals surface area contributed by atoms with Crippen LogP contribution in [-0.4, -0.2) is 16.0 Å². The molecule has 17 heavy (non-hydrogen) atoms. The van der Waals surface area contributed by atoms with Gasteiger partial charge in [0.25, 0.3) is 0 Å². The van der Waals surface area contributed by atoms with Crippen LogP contribution in [0.3, 0.4) is 0 Å². The van der Waals surface area contributed by atoms with Gasteiger partial charge in [0.15, 0.2) is 0 Å². The number of benzene rings is 1. The molecule has 0 spiro atoms. The molecular weight excluding hydrogens is 241 g/mol. The average molecular weight is 255 g/mol. The Morgan fingerprint density at radius 1 is 1.47 bits per heavy atom. The average Bonchev–Trinajstić information content (AvgIpc) is 2.57. The van der Waals surface area contributed by atoms with Crippen LogP contribution < -0.4 is 0 Å². The van der Waals surface area contributed by atoms with Crippen molar-refractivity contribution in [2.75, 3.05) is 0 Å². The summed E-state index contributed by atoms with van der Waals surface area (Å²) in [5.74, 6) is -0.290. The fourth-order valence-corrected chi connectivity index (χ4v) is 2.43. The quantitative estimate of drug-likeness (QED) is 0.663. The normalized spacial score (nSPS) is 14.7. The molecular formula is C12H14FNO2S. The van der Waals surface area contributed by atoms with Crippen molar-refractivity contribution in [1.82, 2.24) is 4.31 Å². The van der Waals surface area contributed by atoms with E-state index >= 15 is 0 Å². The number of amides is 1. The van der Waals surface area contributed by atoms with Gasteiger partial charge in [-0.25, -0.2) is 13.5 Å². The molecule has 0 bridgehead atoms. The van der Waals surface area contributed by atoms with Crippen molar-refractivity contribution in [2.45, 2.75) is 37.8 Å². The Morgan fingerprint density at radius 2 is 2.18 bits per heavy atom. The summed E-state index contributed by atoms with van der Waals surface area (Å²) in [7, 11) is 0. The van der Waals surface area contributed by atoms with E-state index in [4.69, 9.17) is 4.74 Å². The van der Waals surface area contributed by atoms with Gasteiger partial charge >= 0.3 is 6.09 Å². The summed E-state index contributed by atoms with van der Waals surface area (Å²) in [6.07, 6.45) is -0.390. The van der Waals surface area contributed by atoms with Crippen LogP contribution in [0.2, 0.25) is 0 Å². The molecule has 0 atom stereocenters. The fraction of sp³-hybridized carbons (Fsp3) is 0.417. The molecule has 0 saturated heterocycles. The second-order valence-electron chi connectivity index (χ2n) is 4.86. The van der Waals surface area contributed by atoms with Crippen molar-refractivity contribution in [3.05, 3.63) is 29.6 Å². The lowest BCUT2D eigenvalue weighted by molar-refractivity contribution is 0.0401. The van der Waals surface area contributed by atoms with Crippen LogP contribution in [0.4, 0.5) is 9.18 Å². The molecule has 1 aromatic rings. The predicted octanol–water partition coefficient (Wildman–Crippen LogP) is 3.58. The Kier molecular flexibility index (Phi) is 3.03. The summed E-state index contributed by atoms with van der Waals surface area (Å²) in [4.78, 5) is 12.6. The summed E-state index contributed by atoms with van der Waals surface area (Å²) in [6.45, 7) is 5.91. The van der Waals surface area contributed by atoms with Gasteiger partial charge in [0, 0.05) is 4.90 Å². The monoisotopic (exact) mass is 255 g/mol. The largest absolute Gasteiger partial charge is 0.443 e. The zero-order valence-corrected chi connectivity index (χ0v) is 10.8. The van der Waals surface area contributed by atoms with Crippen molar-refractivity contribution < 1.29 is 13.9 Å². The molecule has 1 aromatic carbocycles. The van der Waals surface area contributed by atoms with Gasteiger partial charge in [-0.15, -0.1) is 0 Å². The van der Waals surface area contributed by atoms with Crippen molar-refractivity contribution in [3.8, 4) is 0 Å². The SMILES string of the molecule is CC(C)(C)OC(=O)N1Cc2ccc(F)cc2S1. The molecule has 0 fully saturated rings. The smallest absolute Gasteiger partial charge is 0.420 e. The van der Waals surface area contributed by atoms with Crippen LogP contribution in [0, 0.1) is 5.82 Å². The summed E-state index contributed by atoms with van der Waals surface area (Å²) < 4.78 is 19.8. The first-order valence-corrected chi connectivity index (χ1v) is 6.09. The second-order valence-corrected chi connectivity index (χ2v) is 5.92. The highest BCUT2D eigenvalue weighted by molar-refractivity contribution is 7.97. The minimum absolute atomic E-state index is 0.290. The van der Waals surface area contributed by atoms with Gasteiger partial charge < -0.3 is 4.74 Å². The number of halogens is 1. The van der Waals surface area contributed by atoms with E-state index in [0.29, 0.717) is 6.54 Å². The highest BCUT2D eigenvalue weighted by Crippen LogP contribution is 2.37. The minimum Gasteiger partial charge on any atom is -0.443 e. The maximum absolute atomic E-state index is 13.0. The lowest BCUT2D eigenvalue weighted by atomic mass is 10.2. The van der Waals surface area contributed by atoms with Gasteiger partial charge in [0.2, 0.25) is 0 Å². The molecule has 5 heteroatoms. The Labute approximate surface area is 104 Å². The van der Waals surface area contributed by atoms with Crippen LogP contribution in [-0.2, 0) is 11.3 Å². The first-order valence-electron chi connectivity index (χ1n) is 5.32. The van der Waals surface area contributed by atoms with Crippen molar-refractivity contribution >= 4 is 18.0 Å². The number of nitrogens with zero attached hydrogens (tertiary/aromatic N) is 1. The van der Waals surface area contributed by atoms with E-state index in [1.807, 2.05) is 20.8 Å². The molecule has 1 aliphatic heterocycles. The molecule has 0 aromatic heterocycles. The van der Waals surface area contributed by atoms with Crippen LogP contribution in [0.25, 0.3) is 0 Å². The lowest BCUT2D eigenvalue weighted by Gasteiger charge is -2.23. The molecule has 1 aliphatic rings. The summed E-state index contributed by atoms with van der Waals surface area (Å²) >= 11 is 1.22. The molecule has 0 aliphatic carbocycles. The third-order valence-electron chi connectivity index (χ3n) is 2.15. The number of carbonyl (C=O) groups excluding carboxylic acids is 1. The van der Waals surface area contributed by atoms with Gasteiger partial charge in [-0.2, -0.15) is 0 Å². The summed E-state index contributed by atoms with van der Waals surface area (Å²) in [6, 6.07) is 4.53. The Bertz CT molecular complexity index is 456. The van der Waals surface area contributed by atoms with E-state index in [1.165, 1.54) is 28.4 Å². The van der Waals surface area contributed by atoms with Crippen LogP contribution in [0.1, 0.15) is 26.3 Å². The van der Waals surface area contributed by atoms with Gasteiger partial charge in [-0.05, 0) is 50.4 Å². The van der Waals surface area contributed by atoms with Crippen molar-refractivity contribution in [2.24, 2.45) is 0 Å². The van der Waals surface area contributed by atoms with E-state index in [9.17, 15) is 9.18 Å². The number of rotatable bonds is 0. The molecule has 3 nitrogen and oxygen atoms in total. The number of hydrogen-bond donors (Lipinski definition) is 0. The molecule has 0 N–H and O–H groups in total. The van der Waals surface area contributed by atoms with Gasteiger partial charge in [-0.1, -0.05) is 6.07 Å². The minimum atomic E-state index is -0.516. The summed E-state index contributed by atoms with van der Waals surface area (Å²) in [5, 5.41) is 0. The van der Waals surface area contributed by atoms with Crippen molar-refractivity contribution in [1.29, 1.82) is 0 Å². The van der Waals surface area contributed by atoms with E-state index in [1.54, 1.807) is 6.07 Å². The molecule has 92 valence electrons. The first-order chi connectivity index (χ1) is 7.85. The van der Waals surface area contributed by atoms with Crippen molar-refractivity contribution in [3.63, 3.8) is 0 Å². The van der Waals surface area contributed by atoms with Gasteiger partial charge in [-0.3, -0.25) is 0 Å². The van der Waals surface area contributed by atoms with Crippen LogP contribution >= 0.6 is 11.9 Å². The highest BCUT2D eigenvalue weighted by Gasteiger charge is 2.29.